The Morgan fingerprint density at radius 3 is 2.76 bits per heavy atom. The van der Waals surface area contributed by atoms with Gasteiger partial charge in [-0.3, -0.25) is 0 Å². The Bertz CT molecular complexity index is 729. The van der Waals surface area contributed by atoms with Gasteiger partial charge in [0.05, 0.1) is 0 Å². The van der Waals surface area contributed by atoms with Crippen molar-refractivity contribution in [1.82, 2.24) is 14.8 Å². The van der Waals surface area contributed by atoms with Crippen molar-refractivity contribution < 1.29 is 0 Å². The number of benzene rings is 1. The van der Waals surface area contributed by atoms with Gasteiger partial charge in [-0.1, -0.05) is 19.1 Å². The maximum atomic E-state index is 4.15. The zero-order valence-corrected chi connectivity index (χ0v) is 13.0. The number of hydrogen-bond acceptors (Lipinski definition) is 4. The van der Waals surface area contributed by atoms with Crippen molar-refractivity contribution >= 4 is 17.0 Å². The van der Waals surface area contributed by atoms with Gasteiger partial charge in [0, 0.05) is 34.6 Å². The number of nitrogens with zero attached hydrogens (tertiary/aromatic N) is 3. The van der Waals surface area contributed by atoms with Crippen LogP contribution in [0.1, 0.15) is 16.7 Å². The number of aromatic nitrogens is 3. The lowest BCUT2D eigenvalue weighted by molar-refractivity contribution is 0.920. The molecule has 3 aromatic rings. The molecular weight excluding hydrogens is 280 g/mol. The van der Waals surface area contributed by atoms with Crippen molar-refractivity contribution in [1.29, 1.82) is 0 Å². The summed E-state index contributed by atoms with van der Waals surface area (Å²) in [5.74, 6) is 0.878. The fourth-order valence-corrected chi connectivity index (χ4v) is 3.11. The molecule has 0 saturated carbocycles. The van der Waals surface area contributed by atoms with Gasteiger partial charge in [-0.2, -0.15) is 0 Å². The Morgan fingerprint density at radius 1 is 1.19 bits per heavy atom. The molecule has 108 valence electrons. The molecule has 2 heterocycles. The van der Waals surface area contributed by atoms with Crippen LogP contribution in [0.2, 0.25) is 0 Å². The summed E-state index contributed by atoms with van der Waals surface area (Å²) in [6, 6.07) is 12.7. The standard InChI is InChI=1S/C16H18N4S/c1-3-14-7-8-15(21-14)10-17-13-6-4-5-12(9-13)16-19-18-11-20(16)2/h4-9,11,17H,3,10H2,1-2H3. The highest BCUT2D eigenvalue weighted by Gasteiger charge is 2.05. The van der Waals surface area contributed by atoms with Gasteiger partial charge in [0.2, 0.25) is 0 Å². The van der Waals surface area contributed by atoms with Crippen molar-refractivity contribution in [3.63, 3.8) is 0 Å². The number of aryl methyl sites for hydroxylation is 2. The molecule has 3 rings (SSSR count). The molecule has 21 heavy (non-hydrogen) atoms. The number of hydrogen-bond donors (Lipinski definition) is 1. The first-order valence-corrected chi connectivity index (χ1v) is 7.84. The Hall–Kier alpha value is -2.14. The second-order valence-electron chi connectivity index (χ2n) is 4.92. The molecule has 4 nitrogen and oxygen atoms in total. The average Bonchev–Trinajstić information content (AvgIpc) is 3.14. The summed E-state index contributed by atoms with van der Waals surface area (Å²) in [4.78, 5) is 2.79. The maximum Gasteiger partial charge on any atom is 0.163 e. The number of thiophene rings is 1. The van der Waals surface area contributed by atoms with Gasteiger partial charge in [0.1, 0.15) is 6.33 Å². The highest BCUT2D eigenvalue weighted by molar-refractivity contribution is 7.12. The van der Waals surface area contributed by atoms with Gasteiger partial charge in [0.25, 0.3) is 0 Å². The summed E-state index contributed by atoms with van der Waals surface area (Å²) in [5.41, 5.74) is 2.17. The van der Waals surface area contributed by atoms with E-state index in [9.17, 15) is 0 Å². The molecule has 0 unspecified atom stereocenters. The molecule has 0 aliphatic carbocycles. The van der Waals surface area contributed by atoms with E-state index in [1.54, 1.807) is 6.33 Å². The van der Waals surface area contributed by atoms with E-state index in [0.717, 1.165) is 30.0 Å². The number of nitrogens with one attached hydrogen (secondary N) is 1. The van der Waals surface area contributed by atoms with Crippen LogP contribution in [-0.2, 0) is 20.0 Å². The predicted octanol–water partition coefficient (Wildman–Crippen LogP) is 3.72. The summed E-state index contributed by atoms with van der Waals surface area (Å²) < 4.78 is 1.92. The van der Waals surface area contributed by atoms with Crippen molar-refractivity contribution in [2.75, 3.05) is 5.32 Å². The summed E-state index contributed by atoms with van der Waals surface area (Å²) in [6.45, 7) is 3.04. The molecule has 5 heteroatoms. The van der Waals surface area contributed by atoms with Crippen molar-refractivity contribution in [3.8, 4) is 11.4 Å². The Labute approximate surface area is 128 Å². The van der Waals surface area contributed by atoms with E-state index in [2.05, 4.69) is 52.8 Å². The minimum atomic E-state index is 0.854. The second-order valence-corrected chi connectivity index (χ2v) is 6.17. The van der Waals surface area contributed by atoms with Crippen LogP contribution in [0.15, 0.2) is 42.7 Å². The normalized spacial score (nSPS) is 10.8. The lowest BCUT2D eigenvalue weighted by atomic mass is 10.2. The largest absolute Gasteiger partial charge is 0.380 e. The Kier molecular flexibility index (Phi) is 4.01. The number of anilines is 1. The van der Waals surface area contributed by atoms with Gasteiger partial charge in [-0.05, 0) is 30.7 Å². The quantitative estimate of drug-likeness (QED) is 0.780. The Balaban J connectivity index is 1.73. The van der Waals surface area contributed by atoms with Crippen molar-refractivity contribution in [2.45, 2.75) is 19.9 Å². The van der Waals surface area contributed by atoms with E-state index in [1.807, 2.05) is 29.0 Å². The molecule has 0 amide bonds. The maximum absolute atomic E-state index is 4.15. The van der Waals surface area contributed by atoms with Gasteiger partial charge in [-0.15, -0.1) is 21.5 Å². The monoisotopic (exact) mass is 298 g/mol. The average molecular weight is 298 g/mol. The summed E-state index contributed by atoms with van der Waals surface area (Å²) >= 11 is 1.87. The van der Waals surface area contributed by atoms with Crippen LogP contribution in [0.4, 0.5) is 5.69 Å². The summed E-state index contributed by atoms with van der Waals surface area (Å²) in [6.07, 6.45) is 2.82. The van der Waals surface area contributed by atoms with Crippen LogP contribution < -0.4 is 5.32 Å². The number of rotatable bonds is 5. The molecule has 1 N–H and O–H groups in total. The topological polar surface area (TPSA) is 42.7 Å². The van der Waals surface area contributed by atoms with Crippen LogP contribution >= 0.6 is 11.3 Å². The summed E-state index contributed by atoms with van der Waals surface area (Å²) in [7, 11) is 1.95. The van der Waals surface area contributed by atoms with Gasteiger partial charge in [0.15, 0.2) is 5.82 Å². The smallest absolute Gasteiger partial charge is 0.163 e. The minimum Gasteiger partial charge on any atom is -0.380 e. The van der Waals surface area contributed by atoms with E-state index in [4.69, 9.17) is 0 Å². The lowest BCUT2D eigenvalue weighted by Gasteiger charge is -2.07. The summed E-state index contributed by atoms with van der Waals surface area (Å²) in [5, 5.41) is 11.5. The molecule has 0 radical (unpaired) electrons. The minimum absolute atomic E-state index is 0.854. The van der Waals surface area contributed by atoms with Gasteiger partial charge >= 0.3 is 0 Å². The third-order valence-electron chi connectivity index (χ3n) is 3.36. The molecule has 1 aromatic carbocycles. The van der Waals surface area contributed by atoms with Crippen molar-refractivity contribution in [2.24, 2.45) is 7.05 Å². The van der Waals surface area contributed by atoms with Crippen LogP contribution in [0, 0.1) is 0 Å². The van der Waals surface area contributed by atoms with E-state index in [-0.39, 0.29) is 0 Å². The van der Waals surface area contributed by atoms with E-state index >= 15 is 0 Å². The van der Waals surface area contributed by atoms with Crippen LogP contribution in [-0.4, -0.2) is 14.8 Å². The van der Waals surface area contributed by atoms with Crippen molar-refractivity contribution in [3.05, 3.63) is 52.5 Å². The molecule has 0 aliphatic rings. The first-order chi connectivity index (χ1) is 10.3. The van der Waals surface area contributed by atoms with Crippen LogP contribution in [0.5, 0.6) is 0 Å². The third-order valence-corrected chi connectivity index (χ3v) is 4.59. The fraction of sp³-hybridized carbons (Fsp3) is 0.250. The molecule has 0 spiro atoms. The third kappa shape index (κ3) is 3.13. The molecule has 0 fully saturated rings. The highest BCUT2D eigenvalue weighted by atomic mass is 32.1. The molecule has 0 bridgehead atoms. The zero-order valence-electron chi connectivity index (χ0n) is 12.2. The fourth-order valence-electron chi connectivity index (χ4n) is 2.21. The molecular formula is C16H18N4S. The van der Waals surface area contributed by atoms with E-state index in [0.29, 0.717) is 0 Å². The zero-order chi connectivity index (χ0) is 14.7. The molecule has 0 aliphatic heterocycles. The predicted molar refractivity (Wildman–Crippen MR) is 87.5 cm³/mol. The molecule has 0 atom stereocenters. The Morgan fingerprint density at radius 2 is 2.05 bits per heavy atom. The highest BCUT2D eigenvalue weighted by Crippen LogP contribution is 2.22. The van der Waals surface area contributed by atoms with Gasteiger partial charge < -0.3 is 9.88 Å². The SMILES string of the molecule is CCc1ccc(CNc2cccc(-c3nncn3C)c2)s1. The van der Waals surface area contributed by atoms with E-state index in [1.165, 1.54) is 9.75 Å². The van der Waals surface area contributed by atoms with Crippen LogP contribution in [0.3, 0.4) is 0 Å². The molecule has 0 saturated heterocycles. The first kappa shape index (κ1) is 13.8. The van der Waals surface area contributed by atoms with Gasteiger partial charge in [-0.25, -0.2) is 0 Å². The first-order valence-electron chi connectivity index (χ1n) is 7.02. The lowest BCUT2D eigenvalue weighted by Crippen LogP contribution is -1.98. The molecule has 2 aromatic heterocycles. The van der Waals surface area contributed by atoms with E-state index < -0.39 is 0 Å². The van der Waals surface area contributed by atoms with Crippen LogP contribution in [0.25, 0.3) is 11.4 Å². The second kappa shape index (κ2) is 6.10.